The summed E-state index contributed by atoms with van der Waals surface area (Å²) in [4.78, 5) is 11.5. The molecule has 0 fully saturated rings. The summed E-state index contributed by atoms with van der Waals surface area (Å²) in [5.74, 6) is 0.179. The van der Waals surface area contributed by atoms with Gasteiger partial charge in [0.15, 0.2) is 5.76 Å². The minimum atomic E-state index is -0.159. The maximum atomic E-state index is 11.5. The second-order valence-electron chi connectivity index (χ2n) is 3.33. The average molecular weight is 339 g/mol. The van der Waals surface area contributed by atoms with Crippen LogP contribution in [0.1, 0.15) is 10.6 Å². The van der Waals surface area contributed by atoms with Crippen molar-refractivity contribution in [1.29, 1.82) is 0 Å². The highest BCUT2D eigenvalue weighted by Gasteiger charge is 2.02. The number of ketones is 1. The highest BCUT2D eigenvalue weighted by molar-refractivity contribution is 14.1. The lowest BCUT2D eigenvalue weighted by atomic mass is 10.3. The molecule has 0 atom stereocenters. The zero-order chi connectivity index (χ0) is 12.1. The van der Waals surface area contributed by atoms with Crippen LogP contribution >= 0.6 is 22.6 Å². The number of nitrogens with one attached hydrogen (secondary N) is 1. The number of rotatable bonds is 4. The Hall–Kier alpha value is -1.56. The van der Waals surface area contributed by atoms with Crippen molar-refractivity contribution in [2.75, 3.05) is 5.32 Å². The smallest absolute Gasteiger partial charge is 0.222 e. The minimum absolute atomic E-state index is 0.159. The van der Waals surface area contributed by atoms with Crippen LogP contribution in [0.4, 0.5) is 5.69 Å². The van der Waals surface area contributed by atoms with E-state index in [-0.39, 0.29) is 5.78 Å². The van der Waals surface area contributed by atoms with Gasteiger partial charge in [-0.3, -0.25) is 4.79 Å². The maximum absolute atomic E-state index is 11.5. The van der Waals surface area contributed by atoms with E-state index in [1.807, 2.05) is 24.3 Å². The predicted molar refractivity (Wildman–Crippen MR) is 75.0 cm³/mol. The van der Waals surface area contributed by atoms with Gasteiger partial charge in [-0.2, -0.15) is 0 Å². The van der Waals surface area contributed by atoms with Crippen molar-refractivity contribution < 1.29 is 9.21 Å². The van der Waals surface area contributed by atoms with Crippen molar-refractivity contribution in [3.8, 4) is 0 Å². The molecular formula is C13H10INO2. The SMILES string of the molecule is O=C(C=CNc1ccc(I)cc1)c1ccco1. The summed E-state index contributed by atoms with van der Waals surface area (Å²) in [5, 5.41) is 3.02. The van der Waals surface area contributed by atoms with E-state index in [2.05, 4.69) is 27.9 Å². The fraction of sp³-hybridized carbons (Fsp3) is 0. The van der Waals surface area contributed by atoms with Crippen molar-refractivity contribution in [2.45, 2.75) is 0 Å². The van der Waals surface area contributed by atoms with Gasteiger partial charge in [0.25, 0.3) is 0 Å². The fourth-order valence-electron chi connectivity index (χ4n) is 1.26. The molecule has 0 amide bonds. The third-order valence-corrected chi connectivity index (χ3v) is 2.81. The lowest BCUT2D eigenvalue weighted by Gasteiger charge is -1.99. The zero-order valence-corrected chi connectivity index (χ0v) is 11.0. The van der Waals surface area contributed by atoms with Gasteiger partial charge in [0.1, 0.15) is 0 Å². The third kappa shape index (κ3) is 3.45. The third-order valence-electron chi connectivity index (χ3n) is 2.09. The molecule has 0 unspecified atom stereocenters. The zero-order valence-electron chi connectivity index (χ0n) is 8.89. The molecule has 0 bridgehead atoms. The van der Waals surface area contributed by atoms with Crippen molar-refractivity contribution in [1.82, 2.24) is 0 Å². The predicted octanol–water partition coefficient (Wildman–Crippen LogP) is 3.69. The van der Waals surface area contributed by atoms with Gasteiger partial charge < -0.3 is 9.73 Å². The van der Waals surface area contributed by atoms with Crippen LogP contribution in [0.25, 0.3) is 0 Å². The number of furan rings is 1. The Balaban J connectivity index is 1.94. The van der Waals surface area contributed by atoms with Crippen molar-refractivity contribution in [2.24, 2.45) is 0 Å². The summed E-state index contributed by atoms with van der Waals surface area (Å²) in [6.45, 7) is 0. The lowest BCUT2D eigenvalue weighted by Crippen LogP contribution is -1.94. The second kappa shape index (κ2) is 5.67. The van der Waals surface area contributed by atoms with Crippen LogP contribution in [-0.2, 0) is 0 Å². The normalized spacial score (nSPS) is 10.6. The molecule has 1 aromatic carbocycles. The standard InChI is InChI=1S/C13H10INO2/c14-10-3-5-11(6-4-10)15-8-7-12(16)13-2-1-9-17-13/h1-9,15H. The number of carbonyl (C=O) groups excluding carboxylic acids is 1. The number of hydrogen-bond acceptors (Lipinski definition) is 3. The summed E-state index contributed by atoms with van der Waals surface area (Å²) >= 11 is 2.24. The van der Waals surface area contributed by atoms with E-state index in [1.54, 1.807) is 18.3 Å². The number of carbonyl (C=O) groups is 1. The van der Waals surface area contributed by atoms with Crippen LogP contribution in [0.15, 0.2) is 59.4 Å². The second-order valence-corrected chi connectivity index (χ2v) is 4.57. The first-order valence-corrected chi connectivity index (χ1v) is 6.10. The van der Waals surface area contributed by atoms with Crippen molar-refractivity contribution in [3.63, 3.8) is 0 Å². The first kappa shape index (κ1) is 11.9. The Labute approximate surface area is 113 Å². The molecule has 0 radical (unpaired) electrons. The molecule has 17 heavy (non-hydrogen) atoms. The molecule has 0 aliphatic heterocycles. The highest BCUT2D eigenvalue weighted by atomic mass is 127. The van der Waals surface area contributed by atoms with E-state index in [1.165, 1.54) is 15.9 Å². The maximum Gasteiger partial charge on any atom is 0.222 e. The molecule has 86 valence electrons. The van der Waals surface area contributed by atoms with Crippen LogP contribution in [-0.4, -0.2) is 5.78 Å². The van der Waals surface area contributed by atoms with Gasteiger partial charge >= 0.3 is 0 Å². The topological polar surface area (TPSA) is 42.2 Å². The van der Waals surface area contributed by atoms with E-state index in [0.717, 1.165) is 5.69 Å². The van der Waals surface area contributed by atoms with E-state index >= 15 is 0 Å². The van der Waals surface area contributed by atoms with Gasteiger partial charge in [-0.15, -0.1) is 0 Å². The van der Waals surface area contributed by atoms with Gasteiger partial charge in [0, 0.05) is 21.5 Å². The van der Waals surface area contributed by atoms with Crippen LogP contribution in [0.3, 0.4) is 0 Å². The molecule has 3 nitrogen and oxygen atoms in total. The van der Waals surface area contributed by atoms with Crippen molar-refractivity contribution >= 4 is 34.1 Å². The Morgan fingerprint density at radius 1 is 1.24 bits per heavy atom. The monoisotopic (exact) mass is 339 g/mol. The van der Waals surface area contributed by atoms with Crippen LogP contribution in [0.5, 0.6) is 0 Å². The van der Waals surface area contributed by atoms with E-state index in [0.29, 0.717) is 5.76 Å². The van der Waals surface area contributed by atoms with Crippen LogP contribution in [0.2, 0.25) is 0 Å². The number of anilines is 1. The summed E-state index contributed by atoms with van der Waals surface area (Å²) < 4.78 is 6.15. The van der Waals surface area contributed by atoms with Gasteiger partial charge in [-0.05, 0) is 59.0 Å². The Morgan fingerprint density at radius 2 is 2.00 bits per heavy atom. The lowest BCUT2D eigenvalue weighted by molar-refractivity contribution is 0.102. The summed E-state index contributed by atoms with van der Waals surface area (Å²) in [6.07, 6.45) is 4.53. The van der Waals surface area contributed by atoms with Crippen molar-refractivity contribution in [3.05, 3.63) is 64.3 Å². The summed E-state index contributed by atoms with van der Waals surface area (Å²) in [6, 6.07) is 11.2. The molecule has 1 heterocycles. The molecular weight excluding hydrogens is 329 g/mol. The van der Waals surface area contributed by atoms with Gasteiger partial charge in [0.2, 0.25) is 5.78 Å². The van der Waals surface area contributed by atoms with Crippen LogP contribution in [0, 0.1) is 3.57 Å². The number of allylic oxidation sites excluding steroid dienone is 1. The average Bonchev–Trinajstić information content (AvgIpc) is 2.85. The Bertz CT molecular complexity index is 515. The first-order valence-electron chi connectivity index (χ1n) is 5.02. The number of benzene rings is 1. The largest absolute Gasteiger partial charge is 0.461 e. The molecule has 0 saturated heterocycles. The molecule has 1 aromatic heterocycles. The van der Waals surface area contributed by atoms with E-state index in [9.17, 15) is 4.79 Å². The molecule has 2 rings (SSSR count). The van der Waals surface area contributed by atoms with E-state index in [4.69, 9.17) is 4.42 Å². The minimum Gasteiger partial charge on any atom is -0.461 e. The number of hydrogen-bond donors (Lipinski definition) is 1. The molecule has 1 N–H and O–H groups in total. The molecule has 0 aliphatic rings. The van der Waals surface area contributed by atoms with E-state index < -0.39 is 0 Å². The molecule has 0 spiro atoms. The van der Waals surface area contributed by atoms with Gasteiger partial charge in [0.05, 0.1) is 6.26 Å². The van der Waals surface area contributed by atoms with Crippen LogP contribution < -0.4 is 5.32 Å². The molecule has 0 saturated carbocycles. The molecule has 2 aromatic rings. The molecule has 4 heteroatoms. The summed E-state index contributed by atoms with van der Waals surface area (Å²) in [7, 11) is 0. The highest BCUT2D eigenvalue weighted by Crippen LogP contribution is 2.11. The first-order chi connectivity index (χ1) is 8.25. The Kier molecular flexibility index (Phi) is 3.98. The number of halogens is 1. The molecule has 0 aliphatic carbocycles. The Morgan fingerprint density at radius 3 is 2.65 bits per heavy atom. The fourth-order valence-corrected chi connectivity index (χ4v) is 1.62. The van der Waals surface area contributed by atoms with Gasteiger partial charge in [-0.25, -0.2) is 0 Å². The quantitative estimate of drug-likeness (QED) is 0.525. The summed E-state index contributed by atoms with van der Waals surface area (Å²) in [5.41, 5.74) is 0.939. The van der Waals surface area contributed by atoms with Gasteiger partial charge in [-0.1, -0.05) is 0 Å².